The number of carbonyl (C=O) groups is 4. The molecule has 6 rings (SSSR count). The molecule has 0 radical (unpaired) electrons. The van der Waals surface area contributed by atoms with Crippen LogP contribution in [-0.4, -0.2) is 69.6 Å². The summed E-state index contributed by atoms with van der Waals surface area (Å²) in [6.45, 7) is 5.92. The normalized spacial score (nSPS) is 36.3. The number of aliphatic hydroxyl groups is 1. The Kier molecular flexibility index (Phi) is 9.05. The number of benzene rings is 1. The van der Waals surface area contributed by atoms with Gasteiger partial charge in [0.2, 0.25) is 5.78 Å². The van der Waals surface area contributed by atoms with Gasteiger partial charge in [0.05, 0.1) is 25.0 Å². The average Bonchev–Trinajstić information content (AvgIpc) is 3.47. The first-order chi connectivity index (χ1) is 23.4. The van der Waals surface area contributed by atoms with Gasteiger partial charge >= 0.3 is 11.9 Å². The maximum atomic E-state index is 17.6. The van der Waals surface area contributed by atoms with Crippen molar-refractivity contribution in [1.29, 1.82) is 0 Å². The highest BCUT2D eigenvalue weighted by Gasteiger charge is 2.80. The fourth-order valence-electron chi connectivity index (χ4n) is 9.34. The van der Waals surface area contributed by atoms with Gasteiger partial charge in [0, 0.05) is 23.2 Å². The Morgan fingerprint density at radius 3 is 2.32 bits per heavy atom. The number of hydrogen-bond donors (Lipinski definition) is 1. The quantitative estimate of drug-likeness (QED) is 0.151. The van der Waals surface area contributed by atoms with E-state index in [1.165, 1.54) is 6.08 Å². The lowest BCUT2D eigenvalue weighted by Crippen LogP contribution is -2.69. The van der Waals surface area contributed by atoms with Crippen molar-refractivity contribution in [2.24, 2.45) is 22.7 Å². The van der Waals surface area contributed by atoms with Gasteiger partial charge in [-0.25, -0.2) is 4.39 Å². The summed E-state index contributed by atoms with van der Waals surface area (Å²) in [5, 5.41) is 21.2. The van der Waals surface area contributed by atoms with Crippen LogP contribution in [0.2, 0.25) is 0 Å². The fourth-order valence-corrected chi connectivity index (χ4v) is 9.34. The number of ether oxygens (including phenoxy) is 4. The Balaban J connectivity index is 1.10. The number of rotatable bonds is 11. The highest BCUT2D eigenvalue weighted by Crippen LogP contribution is 2.72. The molecule has 0 spiro atoms. The van der Waals surface area contributed by atoms with Crippen LogP contribution in [0.15, 0.2) is 48.1 Å². The van der Waals surface area contributed by atoms with Crippen molar-refractivity contribution in [2.75, 3.05) is 6.61 Å². The Morgan fingerprint density at radius 2 is 1.66 bits per heavy atom. The lowest BCUT2D eigenvalue weighted by molar-refractivity contribution is -0.763. The monoisotopic (exact) mass is 699 g/mol. The zero-order valence-corrected chi connectivity index (χ0v) is 28.5. The largest absolute Gasteiger partial charge is 0.461 e. The van der Waals surface area contributed by atoms with Crippen LogP contribution in [0, 0.1) is 32.8 Å². The fraction of sp³-hybridized carbons (Fsp3) is 0.611. The summed E-state index contributed by atoms with van der Waals surface area (Å²) in [5.41, 5.74) is -4.20. The molecule has 1 N–H and O–H groups in total. The third-order valence-electron chi connectivity index (χ3n) is 11.7. The molecule has 0 bridgehead atoms. The van der Waals surface area contributed by atoms with Crippen molar-refractivity contribution in [3.8, 4) is 0 Å². The van der Waals surface area contributed by atoms with Crippen molar-refractivity contribution in [2.45, 2.75) is 109 Å². The minimum Gasteiger partial charge on any atom is -0.461 e. The molecule has 1 aromatic carbocycles. The third kappa shape index (κ3) is 5.74. The van der Waals surface area contributed by atoms with Crippen LogP contribution in [0.5, 0.6) is 0 Å². The number of ketones is 2. The Labute approximate surface area is 288 Å². The van der Waals surface area contributed by atoms with E-state index in [1.54, 1.807) is 51.1 Å². The molecule has 4 aliphatic carbocycles. The van der Waals surface area contributed by atoms with Crippen LogP contribution < -0.4 is 0 Å². The molecule has 13 nitrogen and oxygen atoms in total. The number of allylic oxidation sites excluding steroid dienone is 4. The predicted octanol–water partition coefficient (Wildman–Crippen LogP) is 4.20. The summed E-state index contributed by atoms with van der Waals surface area (Å²) in [6, 6.07) is 6.44. The second-order valence-electron chi connectivity index (χ2n) is 14.9. The minimum absolute atomic E-state index is 0.0861. The van der Waals surface area contributed by atoms with Crippen molar-refractivity contribution < 1.29 is 57.5 Å². The summed E-state index contributed by atoms with van der Waals surface area (Å²) >= 11 is 0. The molecule has 50 heavy (non-hydrogen) atoms. The van der Waals surface area contributed by atoms with E-state index in [2.05, 4.69) is 4.84 Å². The Morgan fingerprint density at radius 1 is 1.02 bits per heavy atom. The highest BCUT2D eigenvalue weighted by atomic mass is 19.1. The summed E-state index contributed by atoms with van der Waals surface area (Å²) in [7, 11) is 0. The number of hydrogen-bond acceptors (Lipinski definition) is 12. The number of halogens is 1. The van der Waals surface area contributed by atoms with E-state index >= 15 is 4.39 Å². The smallest absolute Gasteiger partial charge is 0.306 e. The van der Waals surface area contributed by atoms with Gasteiger partial charge in [0.25, 0.3) is 5.09 Å². The van der Waals surface area contributed by atoms with Gasteiger partial charge in [0.15, 0.2) is 29.4 Å². The predicted molar refractivity (Wildman–Crippen MR) is 170 cm³/mol. The van der Waals surface area contributed by atoms with Gasteiger partial charge in [-0.05, 0) is 63.2 Å². The van der Waals surface area contributed by atoms with Gasteiger partial charge in [0.1, 0.15) is 13.2 Å². The van der Waals surface area contributed by atoms with E-state index < -0.39 is 81.3 Å². The van der Waals surface area contributed by atoms with E-state index in [4.69, 9.17) is 18.9 Å². The van der Waals surface area contributed by atoms with Crippen LogP contribution >= 0.6 is 0 Å². The SMILES string of the molecule is CC1(C)O[C@@H]2C[C@H]3C4CC=C5CC(=O)C=C[C@]5(C)[C@@]4(F)[C@@H](O)C[C@]3(C)[C@]2(C(=O)COC(=O)CCC(=O)OCc2ccc(CO[N+](=O)[O-])cc2)O1. The zero-order valence-electron chi connectivity index (χ0n) is 28.5. The van der Waals surface area contributed by atoms with E-state index in [9.17, 15) is 34.4 Å². The highest BCUT2D eigenvalue weighted by molar-refractivity contribution is 5.94. The summed E-state index contributed by atoms with van der Waals surface area (Å²) in [5.74, 6) is -4.50. The van der Waals surface area contributed by atoms with Crippen molar-refractivity contribution in [3.63, 3.8) is 0 Å². The van der Waals surface area contributed by atoms with E-state index in [-0.39, 0.29) is 57.5 Å². The van der Waals surface area contributed by atoms with Crippen molar-refractivity contribution in [3.05, 3.63) is 69.3 Å². The molecule has 2 saturated carbocycles. The molecule has 1 aliphatic heterocycles. The Hall–Kier alpha value is -4.01. The molecule has 0 aromatic heterocycles. The number of fused-ring (bicyclic) bond motifs is 7. The molecule has 1 saturated heterocycles. The number of carbonyl (C=O) groups excluding carboxylic acids is 4. The van der Waals surface area contributed by atoms with Gasteiger partial charge in [-0.3, -0.25) is 19.2 Å². The Bertz CT molecular complexity index is 1660. The molecule has 8 atom stereocenters. The maximum Gasteiger partial charge on any atom is 0.306 e. The lowest BCUT2D eigenvalue weighted by atomic mass is 9.45. The minimum atomic E-state index is -2.10. The first kappa shape index (κ1) is 35.8. The second-order valence-corrected chi connectivity index (χ2v) is 14.9. The van der Waals surface area contributed by atoms with Crippen molar-refractivity contribution >= 4 is 23.5 Å². The molecule has 0 amide bonds. The molecule has 1 heterocycles. The summed E-state index contributed by atoms with van der Waals surface area (Å²) in [4.78, 5) is 66.1. The van der Waals surface area contributed by atoms with Crippen LogP contribution in [0.3, 0.4) is 0 Å². The molecule has 1 unspecified atom stereocenters. The molecular formula is C36H42FNO12. The van der Waals surface area contributed by atoms with Crippen molar-refractivity contribution in [1.82, 2.24) is 0 Å². The van der Waals surface area contributed by atoms with E-state index in [0.717, 1.165) is 0 Å². The first-order valence-corrected chi connectivity index (χ1v) is 16.8. The van der Waals surface area contributed by atoms with E-state index in [0.29, 0.717) is 16.7 Å². The third-order valence-corrected chi connectivity index (χ3v) is 11.7. The molecule has 5 aliphatic rings. The van der Waals surface area contributed by atoms with Crippen LogP contribution in [0.25, 0.3) is 0 Å². The molecule has 14 heteroatoms. The standard InChI is InChI=1S/C36H42FNO12/c1-32(2)49-29-16-26-25-10-9-23-15-24(39)13-14-33(23,3)35(25,37)27(40)17-34(26,4)36(29,50-32)28(41)20-47-31(43)12-11-30(42)46-18-21-5-7-22(8-6-21)19-48-38(44)45/h5-9,13-14,25-27,29,40H,10-12,15-20H2,1-4H3/t25?,26-,27-,29+,33-,34-,35-,36+/m0/s1. The number of alkyl halides is 1. The van der Waals surface area contributed by atoms with E-state index in [1.807, 2.05) is 13.0 Å². The zero-order chi connectivity index (χ0) is 36.3. The van der Waals surface area contributed by atoms with Crippen LogP contribution in [-0.2, 0) is 56.2 Å². The second kappa shape index (κ2) is 12.6. The average molecular weight is 700 g/mol. The topological polar surface area (TPSA) is 178 Å². The molecule has 270 valence electrons. The maximum absolute atomic E-state index is 17.6. The number of aliphatic hydroxyl groups excluding tert-OH is 1. The number of nitrogens with zero attached hydrogens (tertiary/aromatic N) is 1. The van der Waals surface area contributed by atoms with Crippen LogP contribution in [0.1, 0.15) is 77.3 Å². The number of esters is 2. The first-order valence-electron chi connectivity index (χ1n) is 16.8. The molecule has 1 aromatic rings. The van der Waals surface area contributed by atoms with Gasteiger partial charge in [-0.1, -0.05) is 48.9 Å². The number of Topliss-reactive ketones (excluding diaryl/α,β-unsaturated/α-hetero) is 1. The summed E-state index contributed by atoms with van der Waals surface area (Å²) < 4.78 is 40.9. The lowest BCUT2D eigenvalue weighted by Gasteiger charge is -2.62. The van der Waals surface area contributed by atoms with Gasteiger partial charge < -0.3 is 28.9 Å². The summed E-state index contributed by atoms with van der Waals surface area (Å²) in [6.07, 6.45) is 2.45. The van der Waals surface area contributed by atoms with Gasteiger partial charge in [-0.15, -0.1) is 10.1 Å². The molecular weight excluding hydrogens is 657 g/mol. The molecule has 3 fully saturated rings. The van der Waals surface area contributed by atoms with Crippen LogP contribution in [0.4, 0.5) is 4.39 Å². The van der Waals surface area contributed by atoms with Gasteiger partial charge in [-0.2, -0.15) is 0 Å².